The summed E-state index contributed by atoms with van der Waals surface area (Å²) in [6, 6.07) is 8.03. The topological polar surface area (TPSA) is 71.1 Å². The maximum atomic E-state index is 12.3. The maximum absolute atomic E-state index is 12.3. The summed E-state index contributed by atoms with van der Waals surface area (Å²) in [5.74, 6) is 0.751. The highest BCUT2D eigenvalue weighted by Crippen LogP contribution is 2.28. The number of nitrogens with one attached hydrogen (secondary N) is 1. The largest absolute Gasteiger partial charge is 0.492 e. The Kier molecular flexibility index (Phi) is 9.45. The molecular formula is C21H33N3O4. The summed E-state index contributed by atoms with van der Waals surface area (Å²) in [7, 11) is 0. The number of hydrogen-bond acceptors (Lipinski definition) is 5. The van der Waals surface area contributed by atoms with Gasteiger partial charge in [0.15, 0.2) is 0 Å². The maximum Gasteiger partial charge on any atom is 0.317 e. The van der Waals surface area contributed by atoms with Crippen molar-refractivity contribution in [1.29, 1.82) is 0 Å². The minimum absolute atomic E-state index is 0.0110. The zero-order chi connectivity index (χ0) is 20.2. The molecule has 0 unspecified atom stereocenters. The number of amides is 2. The number of rotatable bonds is 10. The van der Waals surface area contributed by atoms with Gasteiger partial charge in [-0.1, -0.05) is 18.6 Å². The van der Waals surface area contributed by atoms with Gasteiger partial charge in [-0.15, -0.1) is 0 Å². The molecule has 1 heterocycles. The average Bonchev–Trinajstić information content (AvgIpc) is 2.71. The second kappa shape index (κ2) is 12.1. The third-order valence-corrected chi connectivity index (χ3v) is 4.71. The summed E-state index contributed by atoms with van der Waals surface area (Å²) in [5.41, 5.74) is 1.09. The predicted octanol–water partition coefficient (Wildman–Crippen LogP) is 3.04. The van der Waals surface area contributed by atoms with Crippen LogP contribution in [0.3, 0.4) is 0 Å². The van der Waals surface area contributed by atoms with Crippen molar-refractivity contribution >= 4 is 17.7 Å². The zero-order valence-corrected chi connectivity index (χ0v) is 17.1. The van der Waals surface area contributed by atoms with Gasteiger partial charge in [-0.25, -0.2) is 4.79 Å². The van der Waals surface area contributed by atoms with Gasteiger partial charge in [-0.05, 0) is 38.8 Å². The third kappa shape index (κ3) is 6.94. The Bertz CT molecular complexity index is 615. The molecule has 7 nitrogen and oxygen atoms in total. The molecule has 0 saturated carbocycles. The van der Waals surface area contributed by atoms with Crippen molar-refractivity contribution in [3.8, 4) is 5.75 Å². The molecule has 1 aromatic rings. The fourth-order valence-corrected chi connectivity index (χ4v) is 3.26. The van der Waals surface area contributed by atoms with Crippen LogP contribution in [-0.4, -0.2) is 62.8 Å². The fraction of sp³-hybridized carbons (Fsp3) is 0.619. The lowest BCUT2D eigenvalue weighted by molar-refractivity contribution is -0.143. The van der Waals surface area contributed by atoms with Crippen molar-refractivity contribution in [3.63, 3.8) is 0 Å². The molecule has 0 bridgehead atoms. The molecule has 0 aromatic heterocycles. The molecule has 1 N–H and O–H groups in total. The molecule has 1 aromatic carbocycles. The molecule has 156 valence electrons. The predicted molar refractivity (Wildman–Crippen MR) is 110 cm³/mol. The van der Waals surface area contributed by atoms with Crippen molar-refractivity contribution in [2.24, 2.45) is 0 Å². The van der Waals surface area contributed by atoms with Crippen molar-refractivity contribution in [1.82, 2.24) is 10.2 Å². The van der Waals surface area contributed by atoms with E-state index in [9.17, 15) is 9.59 Å². The SMILES string of the molecule is CCOC(=O)CCCCCNC(=O)N1CCN(c2ccccc2OCC)CC1. The standard InChI is InChI=1S/C21H33N3O4/c1-3-27-19-11-8-7-10-18(19)23-14-16-24(17-15-23)21(26)22-13-9-5-6-12-20(25)28-4-2/h7-8,10-11H,3-6,9,12-17H2,1-2H3,(H,22,26). The van der Waals surface area contributed by atoms with Crippen LogP contribution in [0, 0.1) is 0 Å². The van der Waals surface area contributed by atoms with Crippen LogP contribution >= 0.6 is 0 Å². The smallest absolute Gasteiger partial charge is 0.317 e. The first-order chi connectivity index (χ1) is 13.7. The molecule has 0 radical (unpaired) electrons. The molecule has 0 atom stereocenters. The van der Waals surface area contributed by atoms with Gasteiger partial charge < -0.3 is 24.6 Å². The lowest BCUT2D eigenvalue weighted by Gasteiger charge is -2.36. The van der Waals surface area contributed by atoms with Gasteiger partial charge in [0, 0.05) is 39.1 Å². The number of anilines is 1. The number of piperazine rings is 1. The number of benzene rings is 1. The minimum Gasteiger partial charge on any atom is -0.492 e. The first kappa shape index (κ1) is 21.9. The summed E-state index contributed by atoms with van der Waals surface area (Å²) in [6.45, 7) is 8.45. The van der Waals surface area contributed by atoms with Crippen LogP contribution in [0.1, 0.15) is 39.5 Å². The molecule has 1 saturated heterocycles. The Morgan fingerprint density at radius 1 is 1.00 bits per heavy atom. The number of hydrogen-bond donors (Lipinski definition) is 1. The summed E-state index contributed by atoms with van der Waals surface area (Å²) in [6.07, 6.45) is 3.02. The second-order valence-corrected chi connectivity index (χ2v) is 6.72. The monoisotopic (exact) mass is 391 g/mol. The van der Waals surface area contributed by atoms with Crippen molar-refractivity contribution in [2.75, 3.05) is 50.8 Å². The van der Waals surface area contributed by atoms with Crippen LogP contribution in [0.5, 0.6) is 5.75 Å². The van der Waals surface area contributed by atoms with Crippen LogP contribution in [0.15, 0.2) is 24.3 Å². The minimum atomic E-state index is -0.143. The highest BCUT2D eigenvalue weighted by Gasteiger charge is 2.22. The molecule has 2 amide bonds. The Hall–Kier alpha value is -2.44. The Balaban J connectivity index is 1.65. The van der Waals surface area contributed by atoms with Gasteiger partial charge in [-0.3, -0.25) is 4.79 Å². The second-order valence-electron chi connectivity index (χ2n) is 6.72. The van der Waals surface area contributed by atoms with E-state index in [1.54, 1.807) is 0 Å². The van der Waals surface area contributed by atoms with E-state index < -0.39 is 0 Å². The fourth-order valence-electron chi connectivity index (χ4n) is 3.26. The highest BCUT2D eigenvalue weighted by atomic mass is 16.5. The van der Waals surface area contributed by atoms with Gasteiger partial charge in [-0.2, -0.15) is 0 Å². The average molecular weight is 392 g/mol. The number of esters is 1. The van der Waals surface area contributed by atoms with Gasteiger partial charge in [0.1, 0.15) is 5.75 Å². The van der Waals surface area contributed by atoms with E-state index in [-0.39, 0.29) is 12.0 Å². The summed E-state index contributed by atoms with van der Waals surface area (Å²) >= 11 is 0. The van der Waals surface area contributed by atoms with Gasteiger partial charge >= 0.3 is 12.0 Å². The van der Waals surface area contributed by atoms with E-state index in [1.807, 2.05) is 36.9 Å². The van der Waals surface area contributed by atoms with Crippen LogP contribution in [-0.2, 0) is 9.53 Å². The summed E-state index contributed by atoms with van der Waals surface area (Å²) < 4.78 is 10.6. The number of carbonyl (C=O) groups excluding carboxylic acids is 2. The van der Waals surface area contributed by atoms with E-state index in [0.717, 1.165) is 43.8 Å². The molecule has 28 heavy (non-hydrogen) atoms. The summed E-state index contributed by atoms with van der Waals surface area (Å²) in [5, 5.41) is 2.98. The Morgan fingerprint density at radius 3 is 2.46 bits per heavy atom. The van der Waals surface area contributed by atoms with Crippen molar-refractivity contribution in [3.05, 3.63) is 24.3 Å². The first-order valence-corrected chi connectivity index (χ1v) is 10.3. The van der Waals surface area contributed by atoms with Gasteiger partial charge in [0.2, 0.25) is 0 Å². The molecule has 0 aliphatic carbocycles. The molecule has 1 aliphatic rings. The van der Waals surface area contributed by atoms with Gasteiger partial charge in [0.25, 0.3) is 0 Å². The Labute approximate surface area is 168 Å². The van der Waals surface area contributed by atoms with Crippen LogP contribution < -0.4 is 15.0 Å². The molecule has 7 heteroatoms. The number of ether oxygens (including phenoxy) is 2. The lowest BCUT2D eigenvalue weighted by atomic mass is 10.2. The lowest BCUT2D eigenvalue weighted by Crippen LogP contribution is -2.52. The highest BCUT2D eigenvalue weighted by molar-refractivity contribution is 5.74. The van der Waals surface area contributed by atoms with Crippen LogP contribution in [0.2, 0.25) is 0 Å². The molecule has 1 fully saturated rings. The first-order valence-electron chi connectivity index (χ1n) is 10.3. The quantitative estimate of drug-likeness (QED) is 0.490. The zero-order valence-electron chi connectivity index (χ0n) is 17.1. The van der Waals surface area contributed by atoms with E-state index in [1.165, 1.54) is 0 Å². The van der Waals surface area contributed by atoms with Crippen LogP contribution in [0.4, 0.5) is 10.5 Å². The molecule has 2 rings (SSSR count). The number of carbonyl (C=O) groups is 2. The number of para-hydroxylation sites is 2. The van der Waals surface area contributed by atoms with E-state index in [0.29, 0.717) is 39.3 Å². The van der Waals surface area contributed by atoms with Crippen LogP contribution in [0.25, 0.3) is 0 Å². The number of nitrogens with zero attached hydrogens (tertiary/aromatic N) is 2. The number of urea groups is 1. The van der Waals surface area contributed by atoms with E-state index >= 15 is 0 Å². The summed E-state index contributed by atoms with van der Waals surface area (Å²) in [4.78, 5) is 27.7. The molecule has 1 aliphatic heterocycles. The van der Waals surface area contributed by atoms with E-state index in [4.69, 9.17) is 9.47 Å². The number of unbranched alkanes of at least 4 members (excludes halogenated alkanes) is 2. The van der Waals surface area contributed by atoms with Gasteiger partial charge in [0.05, 0.1) is 18.9 Å². The van der Waals surface area contributed by atoms with Crippen molar-refractivity contribution < 1.29 is 19.1 Å². The molecule has 0 spiro atoms. The Morgan fingerprint density at radius 2 is 1.75 bits per heavy atom. The molecular weight excluding hydrogens is 358 g/mol. The van der Waals surface area contributed by atoms with Crippen molar-refractivity contribution in [2.45, 2.75) is 39.5 Å². The normalized spacial score (nSPS) is 13.9. The van der Waals surface area contributed by atoms with E-state index in [2.05, 4.69) is 16.3 Å². The third-order valence-electron chi connectivity index (χ3n) is 4.71.